The fourth-order valence-corrected chi connectivity index (χ4v) is 5.04. The number of nitrogens with one attached hydrogen (secondary N) is 1. The molecular formula is C22H26ClNO4S. The highest BCUT2D eigenvalue weighted by atomic mass is 35.5. The number of esters is 1. The van der Waals surface area contributed by atoms with Crippen LogP contribution in [0.2, 0.25) is 5.02 Å². The molecule has 156 valence electrons. The lowest BCUT2D eigenvalue weighted by molar-refractivity contribution is -0.118. The maximum absolute atomic E-state index is 12.7. The van der Waals surface area contributed by atoms with E-state index in [0.29, 0.717) is 33.9 Å². The molecule has 0 spiro atoms. The number of hydrogen-bond donors (Lipinski definition) is 1. The highest BCUT2D eigenvalue weighted by Crippen LogP contribution is 2.40. The second-order valence-electron chi connectivity index (χ2n) is 7.44. The highest BCUT2D eigenvalue weighted by molar-refractivity contribution is 7.17. The van der Waals surface area contributed by atoms with E-state index in [-0.39, 0.29) is 18.5 Å². The number of ether oxygens (including phenoxy) is 2. The Morgan fingerprint density at radius 3 is 2.86 bits per heavy atom. The average molecular weight is 436 g/mol. The summed E-state index contributed by atoms with van der Waals surface area (Å²) in [6.45, 7) is 6.25. The summed E-state index contributed by atoms with van der Waals surface area (Å²) in [6, 6.07) is 5.24. The number of rotatable bonds is 7. The summed E-state index contributed by atoms with van der Waals surface area (Å²) in [4.78, 5) is 26.4. The van der Waals surface area contributed by atoms with E-state index in [4.69, 9.17) is 21.1 Å². The molecule has 1 aliphatic carbocycles. The van der Waals surface area contributed by atoms with E-state index < -0.39 is 0 Å². The van der Waals surface area contributed by atoms with Gasteiger partial charge in [-0.15, -0.1) is 11.3 Å². The van der Waals surface area contributed by atoms with Gasteiger partial charge in [0.15, 0.2) is 6.61 Å². The normalized spacial score (nSPS) is 15.5. The quantitative estimate of drug-likeness (QED) is 0.590. The molecule has 1 aliphatic rings. The monoisotopic (exact) mass is 435 g/mol. The Balaban J connectivity index is 1.74. The van der Waals surface area contributed by atoms with Crippen molar-refractivity contribution in [2.45, 2.75) is 46.5 Å². The van der Waals surface area contributed by atoms with Gasteiger partial charge in [-0.3, -0.25) is 4.79 Å². The third-order valence-electron chi connectivity index (χ3n) is 4.90. The minimum atomic E-state index is -0.358. The maximum atomic E-state index is 12.7. The van der Waals surface area contributed by atoms with Crippen molar-refractivity contribution in [2.24, 2.45) is 5.92 Å². The number of carbonyl (C=O) groups is 2. The smallest absolute Gasteiger partial charge is 0.341 e. The molecule has 0 saturated heterocycles. The predicted molar refractivity (Wildman–Crippen MR) is 116 cm³/mol. The zero-order valence-corrected chi connectivity index (χ0v) is 18.5. The molecule has 1 aromatic heterocycles. The molecule has 3 rings (SSSR count). The third kappa shape index (κ3) is 5.31. The molecule has 1 unspecified atom stereocenters. The molecule has 1 atom stereocenters. The Kier molecular flexibility index (Phi) is 7.19. The van der Waals surface area contributed by atoms with E-state index >= 15 is 0 Å². The minimum absolute atomic E-state index is 0.148. The Morgan fingerprint density at radius 2 is 2.14 bits per heavy atom. The largest absolute Gasteiger partial charge is 0.483 e. The van der Waals surface area contributed by atoms with Crippen LogP contribution in [0.5, 0.6) is 5.75 Å². The number of amides is 1. The van der Waals surface area contributed by atoms with Crippen LogP contribution in [0.4, 0.5) is 5.00 Å². The summed E-state index contributed by atoms with van der Waals surface area (Å²) in [5, 5.41) is 4.05. The number of aryl methyl sites for hydroxylation is 1. The van der Waals surface area contributed by atoms with Crippen LogP contribution < -0.4 is 10.1 Å². The van der Waals surface area contributed by atoms with Crippen LogP contribution in [0, 0.1) is 12.8 Å². The SMILES string of the molecule is CCCOC(=O)c1c(NC(=O)COc2ccc(Cl)cc2C)sc2c1CCC(C)C2. The van der Waals surface area contributed by atoms with Gasteiger partial charge in [-0.2, -0.15) is 0 Å². The zero-order chi connectivity index (χ0) is 21.0. The summed E-state index contributed by atoms with van der Waals surface area (Å²) in [6.07, 6.45) is 3.54. The first-order chi connectivity index (χ1) is 13.9. The van der Waals surface area contributed by atoms with E-state index in [0.717, 1.165) is 41.7 Å². The first kappa shape index (κ1) is 21.7. The fraction of sp³-hybridized carbons (Fsp3) is 0.455. The molecule has 0 radical (unpaired) electrons. The van der Waals surface area contributed by atoms with Gasteiger partial charge in [0.1, 0.15) is 10.8 Å². The first-order valence-electron chi connectivity index (χ1n) is 9.89. The summed E-state index contributed by atoms with van der Waals surface area (Å²) in [5.41, 5.74) is 2.40. The number of benzene rings is 1. The molecule has 29 heavy (non-hydrogen) atoms. The van der Waals surface area contributed by atoms with Crippen LogP contribution in [0.25, 0.3) is 0 Å². The molecule has 0 bridgehead atoms. The van der Waals surface area contributed by atoms with E-state index in [1.807, 2.05) is 13.8 Å². The second-order valence-corrected chi connectivity index (χ2v) is 8.98. The van der Waals surface area contributed by atoms with Gasteiger partial charge in [-0.1, -0.05) is 25.4 Å². The van der Waals surface area contributed by atoms with Gasteiger partial charge < -0.3 is 14.8 Å². The first-order valence-corrected chi connectivity index (χ1v) is 11.1. The maximum Gasteiger partial charge on any atom is 0.341 e. The minimum Gasteiger partial charge on any atom is -0.483 e. The molecule has 0 aliphatic heterocycles. The van der Waals surface area contributed by atoms with Gasteiger partial charge in [-0.05, 0) is 67.9 Å². The van der Waals surface area contributed by atoms with Crippen LogP contribution in [-0.2, 0) is 22.4 Å². The molecule has 0 fully saturated rings. The summed E-state index contributed by atoms with van der Waals surface area (Å²) in [5.74, 6) is 0.506. The molecule has 1 N–H and O–H groups in total. The zero-order valence-electron chi connectivity index (χ0n) is 17.0. The van der Waals surface area contributed by atoms with Gasteiger partial charge >= 0.3 is 5.97 Å². The molecule has 2 aromatic rings. The van der Waals surface area contributed by atoms with Crippen LogP contribution in [0.3, 0.4) is 0 Å². The van der Waals surface area contributed by atoms with Gasteiger partial charge in [0.2, 0.25) is 0 Å². The van der Waals surface area contributed by atoms with Gasteiger partial charge in [-0.25, -0.2) is 4.79 Å². The molecule has 0 saturated carbocycles. The number of halogens is 1. The molecule has 1 heterocycles. The van der Waals surface area contributed by atoms with Crippen molar-refractivity contribution in [3.05, 3.63) is 44.8 Å². The summed E-state index contributed by atoms with van der Waals surface area (Å²) < 4.78 is 11.0. The van der Waals surface area contributed by atoms with Crippen LogP contribution in [0.1, 0.15) is 53.1 Å². The predicted octanol–water partition coefficient (Wildman–Crippen LogP) is 5.42. The number of fused-ring (bicyclic) bond motifs is 1. The van der Waals surface area contributed by atoms with Crippen molar-refractivity contribution in [3.63, 3.8) is 0 Å². The van der Waals surface area contributed by atoms with Gasteiger partial charge in [0, 0.05) is 9.90 Å². The average Bonchev–Trinajstić information content (AvgIpc) is 3.02. The number of hydrogen-bond acceptors (Lipinski definition) is 5. The Hall–Kier alpha value is -2.05. The Morgan fingerprint density at radius 1 is 1.34 bits per heavy atom. The highest BCUT2D eigenvalue weighted by Gasteiger charge is 2.29. The number of carbonyl (C=O) groups excluding carboxylic acids is 2. The molecule has 7 heteroatoms. The van der Waals surface area contributed by atoms with Gasteiger partial charge in [0.25, 0.3) is 5.91 Å². The Labute approximate surface area is 180 Å². The summed E-state index contributed by atoms with van der Waals surface area (Å²) >= 11 is 7.43. The molecule has 1 aromatic carbocycles. The van der Waals surface area contributed by atoms with E-state index in [1.165, 1.54) is 11.3 Å². The fourth-order valence-electron chi connectivity index (χ4n) is 3.40. The third-order valence-corrected chi connectivity index (χ3v) is 6.31. The number of thiophene rings is 1. The van der Waals surface area contributed by atoms with Crippen molar-refractivity contribution in [3.8, 4) is 5.75 Å². The van der Waals surface area contributed by atoms with Crippen molar-refractivity contribution in [1.29, 1.82) is 0 Å². The molecule has 5 nitrogen and oxygen atoms in total. The standard InChI is InChI=1S/C22H26ClNO4S/c1-4-9-27-22(26)20-16-7-5-13(2)10-18(16)29-21(20)24-19(25)12-28-17-8-6-15(23)11-14(17)3/h6,8,11,13H,4-5,7,9-10,12H2,1-3H3,(H,24,25). The molecular weight excluding hydrogens is 410 g/mol. The van der Waals surface area contributed by atoms with E-state index in [1.54, 1.807) is 18.2 Å². The van der Waals surface area contributed by atoms with Crippen LogP contribution in [-0.4, -0.2) is 25.1 Å². The van der Waals surface area contributed by atoms with Gasteiger partial charge in [0.05, 0.1) is 12.2 Å². The Bertz CT molecular complexity index is 908. The van der Waals surface area contributed by atoms with Crippen molar-refractivity contribution < 1.29 is 19.1 Å². The topological polar surface area (TPSA) is 64.6 Å². The molecule has 1 amide bonds. The lowest BCUT2D eigenvalue weighted by Crippen LogP contribution is -2.21. The summed E-state index contributed by atoms with van der Waals surface area (Å²) in [7, 11) is 0. The lowest BCUT2D eigenvalue weighted by Gasteiger charge is -2.18. The lowest BCUT2D eigenvalue weighted by atomic mass is 9.88. The van der Waals surface area contributed by atoms with Crippen molar-refractivity contribution in [1.82, 2.24) is 0 Å². The second kappa shape index (κ2) is 9.63. The number of anilines is 1. The van der Waals surface area contributed by atoms with E-state index in [2.05, 4.69) is 12.2 Å². The van der Waals surface area contributed by atoms with E-state index in [9.17, 15) is 9.59 Å². The van der Waals surface area contributed by atoms with Crippen molar-refractivity contribution in [2.75, 3.05) is 18.5 Å². The van der Waals surface area contributed by atoms with Crippen LogP contribution in [0.15, 0.2) is 18.2 Å². The van der Waals surface area contributed by atoms with Crippen molar-refractivity contribution >= 4 is 39.8 Å². The van der Waals surface area contributed by atoms with Crippen LogP contribution >= 0.6 is 22.9 Å².